The Balaban J connectivity index is 2.20. The molecule has 2 aromatic rings. The van der Waals surface area contributed by atoms with Gasteiger partial charge in [0.2, 0.25) is 0 Å². The molecule has 2 rings (SSSR count). The van der Waals surface area contributed by atoms with E-state index in [0.717, 1.165) is 11.1 Å². The summed E-state index contributed by atoms with van der Waals surface area (Å²) in [6.07, 6.45) is 0.678. The van der Waals surface area contributed by atoms with E-state index in [9.17, 15) is 4.39 Å². The third kappa shape index (κ3) is 3.50. The average molecular weight is 294 g/mol. The molecule has 2 aromatic carbocycles. The van der Waals surface area contributed by atoms with Crippen molar-refractivity contribution in [1.29, 1.82) is 0 Å². The molecule has 1 unspecified atom stereocenters. The molecule has 4 heteroatoms. The molecule has 0 heterocycles. The fourth-order valence-electron chi connectivity index (χ4n) is 2.18. The Labute approximate surface area is 123 Å². The van der Waals surface area contributed by atoms with Crippen LogP contribution in [0.25, 0.3) is 0 Å². The molecule has 0 radical (unpaired) electrons. The number of benzene rings is 2. The molecule has 1 atom stereocenters. The maximum atomic E-state index is 13.7. The summed E-state index contributed by atoms with van der Waals surface area (Å²) in [7, 11) is 3.34. The van der Waals surface area contributed by atoms with Gasteiger partial charge >= 0.3 is 0 Å². The SMILES string of the molecule is CNC(Cc1ccc(OC)c(F)c1)c1cccc(Cl)c1. The number of methoxy groups -OCH3 is 1. The largest absolute Gasteiger partial charge is 0.494 e. The van der Waals surface area contributed by atoms with Crippen molar-refractivity contribution in [2.75, 3.05) is 14.2 Å². The third-order valence-electron chi connectivity index (χ3n) is 3.26. The summed E-state index contributed by atoms with van der Waals surface area (Å²) in [5.74, 6) is -0.0801. The molecule has 0 fully saturated rings. The predicted octanol–water partition coefficient (Wildman–Crippen LogP) is 3.99. The van der Waals surface area contributed by atoms with Crippen LogP contribution in [-0.2, 0) is 6.42 Å². The quantitative estimate of drug-likeness (QED) is 0.900. The van der Waals surface area contributed by atoms with Crippen molar-refractivity contribution in [1.82, 2.24) is 5.32 Å². The van der Waals surface area contributed by atoms with Gasteiger partial charge in [0.05, 0.1) is 7.11 Å². The first-order valence-corrected chi connectivity index (χ1v) is 6.77. The number of likely N-dealkylation sites (N-methyl/N-ethyl adjacent to an activating group) is 1. The molecule has 0 bridgehead atoms. The highest BCUT2D eigenvalue weighted by Crippen LogP contribution is 2.24. The molecule has 0 spiro atoms. The maximum Gasteiger partial charge on any atom is 0.165 e. The van der Waals surface area contributed by atoms with Crippen LogP contribution in [0, 0.1) is 5.82 Å². The Morgan fingerprint density at radius 1 is 1.25 bits per heavy atom. The number of rotatable bonds is 5. The van der Waals surface area contributed by atoms with E-state index in [1.807, 2.05) is 37.4 Å². The number of hydrogen-bond acceptors (Lipinski definition) is 2. The van der Waals surface area contributed by atoms with E-state index in [4.69, 9.17) is 16.3 Å². The molecule has 20 heavy (non-hydrogen) atoms. The van der Waals surface area contributed by atoms with Gasteiger partial charge in [-0.1, -0.05) is 29.8 Å². The minimum Gasteiger partial charge on any atom is -0.494 e. The van der Waals surface area contributed by atoms with Crippen LogP contribution in [0.1, 0.15) is 17.2 Å². The number of ether oxygens (including phenoxy) is 1. The van der Waals surface area contributed by atoms with Gasteiger partial charge < -0.3 is 10.1 Å². The molecule has 0 aliphatic carbocycles. The van der Waals surface area contributed by atoms with E-state index in [2.05, 4.69) is 5.32 Å². The fraction of sp³-hybridized carbons (Fsp3) is 0.250. The van der Waals surface area contributed by atoms with Crippen LogP contribution in [0.5, 0.6) is 5.75 Å². The Morgan fingerprint density at radius 2 is 2.05 bits per heavy atom. The van der Waals surface area contributed by atoms with E-state index < -0.39 is 0 Å². The molecule has 0 aliphatic heterocycles. The standard InChI is InChI=1S/C16H17ClFNO/c1-19-15(12-4-3-5-13(17)10-12)9-11-6-7-16(20-2)14(18)8-11/h3-8,10,15,19H,9H2,1-2H3. The fourth-order valence-corrected chi connectivity index (χ4v) is 2.38. The second-order valence-electron chi connectivity index (χ2n) is 4.57. The van der Waals surface area contributed by atoms with Gasteiger partial charge in [-0.2, -0.15) is 0 Å². The minimum atomic E-state index is -0.342. The third-order valence-corrected chi connectivity index (χ3v) is 3.49. The summed E-state index contributed by atoms with van der Waals surface area (Å²) >= 11 is 6.01. The second-order valence-corrected chi connectivity index (χ2v) is 5.01. The molecule has 2 nitrogen and oxygen atoms in total. The molecule has 0 aliphatic rings. The van der Waals surface area contributed by atoms with E-state index in [1.165, 1.54) is 13.2 Å². The predicted molar refractivity (Wildman–Crippen MR) is 79.9 cm³/mol. The van der Waals surface area contributed by atoms with Gasteiger partial charge in [0.25, 0.3) is 0 Å². The zero-order valence-corrected chi connectivity index (χ0v) is 12.2. The first-order chi connectivity index (χ1) is 9.63. The van der Waals surface area contributed by atoms with E-state index in [-0.39, 0.29) is 17.6 Å². The van der Waals surface area contributed by atoms with E-state index >= 15 is 0 Å². The minimum absolute atomic E-state index is 0.0847. The lowest BCUT2D eigenvalue weighted by Crippen LogP contribution is -2.18. The zero-order chi connectivity index (χ0) is 14.5. The van der Waals surface area contributed by atoms with Gasteiger partial charge in [-0.3, -0.25) is 0 Å². The van der Waals surface area contributed by atoms with Crippen molar-refractivity contribution >= 4 is 11.6 Å². The summed E-state index contributed by atoms with van der Waals surface area (Å²) in [4.78, 5) is 0. The van der Waals surface area contributed by atoms with Crippen LogP contribution in [0.15, 0.2) is 42.5 Å². The lowest BCUT2D eigenvalue weighted by atomic mass is 9.99. The van der Waals surface area contributed by atoms with Crippen LogP contribution in [0.2, 0.25) is 5.02 Å². The van der Waals surface area contributed by atoms with Gasteiger partial charge in [-0.05, 0) is 48.9 Å². The summed E-state index contributed by atoms with van der Waals surface area (Å²) in [6.45, 7) is 0. The Morgan fingerprint density at radius 3 is 2.65 bits per heavy atom. The van der Waals surface area contributed by atoms with Gasteiger partial charge in [0, 0.05) is 11.1 Å². The number of hydrogen-bond donors (Lipinski definition) is 1. The Kier molecular flexibility index (Phi) is 4.99. The van der Waals surface area contributed by atoms with E-state index in [0.29, 0.717) is 11.4 Å². The van der Waals surface area contributed by atoms with Gasteiger partial charge in [0.15, 0.2) is 11.6 Å². The Bertz CT molecular complexity index is 588. The van der Waals surface area contributed by atoms with Crippen LogP contribution in [0.4, 0.5) is 4.39 Å². The number of nitrogens with one attached hydrogen (secondary N) is 1. The maximum absolute atomic E-state index is 13.7. The molecule has 0 amide bonds. The smallest absolute Gasteiger partial charge is 0.165 e. The lowest BCUT2D eigenvalue weighted by Gasteiger charge is -2.17. The molecule has 0 aromatic heterocycles. The lowest BCUT2D eigenvalue weighted by molar-refractivity contribution is 0.386. The van der Waals surface area contributed by atoms with Crippen LogP contribution >= 0.6 is 11.6 Å². The molecule has 0 saturated carbocycles. The molecule has 0 saturated heterocycles. The normalized spacial score (nSPS) is 12.2. The summed E-state index contributed by atoms with van der Waals surface area (Å²) in [5, 5.41) is 3.93. The highest BCUT2D eigenvalue weighted by molar-refractivity contribution is 6.30. The topological polar surface area (TPSA) is 21.3 Å². The second kappa shape index (κ2) is 6.73. The monoisotopic (exact) mass is 293 g/mol. The highest BCUT2D eigenvalue weighted by Gasteiger charge is 2.12. The van der Waals surface area contributed by atoms with Crippen LogP contribution in [0.3, 0.4) is 0 Å². The van der Waals surface area contributed by atoms with Crippen molar-refractivity contribution < 1.29 is 9.13 Å². The van der Waals surface area contributed by atoms with Gasteiger partial charge in [0.1, 0.15) is 0 Å². The summed E-state index contributed by atoms with van der Waals surface area (Å²) in [5.41, 5.74) is 1.99. The zero-order valence-electron chi connectivity index (χ0n) is 11.5. The van der Waals surface area contributed by atoms with Crippen molar-refractivity contribution in [2.24, 2.45) is 0 Å². The Hall–Kier alpha value is -1.58. The van der Waals surface area contributed by atoms with Gasteiger partial charge in [-0.25, -0.2) is 4.39 Å². The van der Waals surface area contributed by atoms with Crippen LogP contribution in [-0.4, -0.2) is 14.2 Å². The molecular formula is C16H17ClFNO. The van der Waals surface area contributed by atoms with E-state index in [1.54, 1.807) is 6.07 Å². The van der Waals surface area contributed by atoms with Crippen molar-refractivity contribution in [3.05, 3.63) is 64.4 Å². The van der Waals surface area contributed by atoms with Crippen molar-refractivity contribution in [3.8, 4) is 5.75 Å². The average Bonchev–Trinajstić information content (AvgIpc) is 2.45. The number of halogens is 2. The van der Waals surface area contributed by atoms with Crippen molar-refractivity contribution in [3.63, 3.8) is 0 Å². The molecule has 1 N–H and O–H groups in total. The van der Waals surface area contributed by atoms with Crippen molar-refractivity contribution in [2.45, 2.75) is 12.5 Å². The first kappa shape index (κ1) is 14.8. The highest BCUT2D eigenvalue weighted by atomic mass is 35.5. The van der Waals surface area contributed by atoms with Crippen LogP contribution < -0.4 is 10.1 Å². The molecule has 106 valence electrons. The summed E-state index contributed by atoms with van der Waals surface area (Å²) in [6, 6.07) is 12.8. The van der Waals surface area contributed by atoms with Gasteiger partial charge in [-0.15, -0.1) is 0 Å². The first-order valence-electron chi connectivity index (χ1n) is 6.39. The molecular weight excluding hydrogens is 277 g/mol. The summed E-state index contributed by atoms with van der Waals surface area (Å²) < 4.78 is 18.6.